The average molecular weight is 339 g/mol. The minimum Gasteiger partial charge on any atom is -0.351 e. The molecule has 0 bridgehead atoms. The molecule has 3 heterocycles. The molecule has 3 amide bonds. The van der Waals surface area contributed by atoms with Gasteiger partial charge in [0.25, 0.3) is 0 Å². The lowest BCUT2D eigenvalue weighted by molar-refractivity contribution is -0.119. The van der Waals surface area contributed by atoms with Crippen LogP contribution in [0.5, 0.6) is 0 Å². The molecule has 130 valence electrons. The van der Waals surface area contributed by atoms with Crippen LogP contribution in [0.3, 0.4) is 0 Å². The third kappa shape index (κ3) is 3.60. The fourth-order valence-electron chi connectivity index (χ4n) is 3.08. The van der Waals surface area contributed by atoms with Crippen LogP contribution in [0.15, 0.2) is 30.7 Å². The van der Waals surface area contributed by atoms with Crippen molar-refractivity contribution in [3.8, 4) is 11.1 Å². The number of fused-ring (bicyclic) bond motifs is 1. The van der Waals surface area contributed by atoms with Gasteiger partial charge in [0.05, 0.1) is 6.04 Å². The van der Waals surface area contributed by atoms with Crippen LogP contribution in [0.2, 0.25) is 0 Å². The van der Waals surface area contributed by atoms with Crippen LogP contribution >= 0.6 is 0 Å². The van der Waals surface area contributed by atoms with E-state index in [1.54, 1.807) is 18.6 Å². The summed E-state index contributed by atoms with van der Waals surface area (Å²) in [6.45, 7) is 4.00. The summed E-state index contributed by atoms with van der Waals surface area (Å²) in [5.74, 6) is 0.554. The number of hydrogen-bond acceptors (Lipinski definition) is 4. The highest BCUT2D eigenvalue weighted by Crippen LogP contribution is 2.29. The van der Waals surface area contributed by atoms with E-state index < -0.39 is 6.03 Å². The Morgan fingerprint density at radius 1 is 1.24 bits per heavy atom. The van der Waals surface area contributed by atoms with Crippen LogP contribution in [-0.2, 0) is 11.2 Å². The van der Waals surface area contributed by atoms with E-state index in [1.807, 2.05) is 19.1 Å². The number of nitrogens with one attached hydrogen (secondary N) is 1. The molecule has 0 spiro atoms. The van der Waals surface area contributed by atoms with Gasteiger partial charge in [-0.3, -0.25) is 14.7 Å². The molecule has 0 fully saturated rings. The van der Waals surface area contributed by atoms with Crippen molar-refractivity contribution in [2.45, 2.75) is 32.7 Å². The number of nitrogens with zero attached hydrogens (tertiary/aromatic N) is 3. The Labute approximate surface area is 146 Å². The Morgan fingerprint density at radius 2 is 2.00 bits per heavy atom. The van der Waals surface area contributed by atoms with Crippen molar-refractivity contribution in [3.63, 3.8) is 0 Å². The third-order valence-electron chi connectivity index (χ3n) is 4.30. The molecule has 7 nitrogen and oxygen atoms in total. The van der Waals surface area contributed by atoms with E-state index in [9.17, 15) is 9.59 Å². The highest BCUT2D eigenvalue weighted by molar-refractivity contribution is 5.91. The first-order valence-corrected chi connectivity index (χ1v) is 8.24. The van der Waals surface area contributed by atoms with Gasteiger partial charge in [-0.2, -0.15) is 0 Å². The van der Waals surface area contributed by atoms with Crippen LogP contribution in [-0.4, -0.2) is 28.5 Å². The Balaban J connectivity index is 1.93. The van der Waals surface area contributed by atoms with Gasteiger partial charge >= 0.3 is 6.03 Å². The molecule has 0 aromatic carbocycles. The first-order valence-electron chi connectivity index (χ1n) is 8.24. The summed E-state index contributed by atoms with van der Waals surface area (Å²) in [6.07, 6.45) is 6.95. The average Bonchev–Trinajstić information content (AvgIpc) is 2.60. The number of pyridine rings is 2. The van der Waals surface area contributed by atoms with Gasteiger partial charge < -0.3 is 11.1 Å². The number of primary amides is 1. The number of carbonyl (C=O) groups excluding carboxylic acids is 2. The lowest BCUT2D eigenvalue weighted by Gasteiger charge is -2.27. The normalized spacial score (nSPS) is 14.6. The number of rotatable bonds is 3. The smallest absolute Gasteiger partial charge is 0.320 e. The Bertz CT molecular complexity index is 821. The molecule has 2 aromatic heterocycles. The molecule has 7 heteroatoms. The number of aryl methyl sites for hydroxylation is 1. The molecular formula is C18H21N5O2. The van der Waals surface area contributed by atoms with Gasteiger partial charge in [0.2, 0.25) is 5.91 Å². The van der Waals surface area contributed by atoms with Crippen LogP contribution in [0.25, 0.3) is 11.1 Å². The molecule has 25 heavy (non-hydrogen) atoms. The van der Waals surface area contributed by atoms with Crippen LogP contribution in [0.1, 0.15) is 37.4 Å². The van der Waals surface area contributed by atoms with Crippen molar-refractivity contribution in [1.29, 1.82) is 0 Å². The summed E-state index contributed by atoms with van der Waals surface area (Å²) in [5.41, 5.74) is 9.19. The minimum absolute atomic E-state index is 0.0834. The fourth-order valence-corrected chi connectivity index (χ4v) is 3.08. The van der Waals surface area contributed by atoms with E-state index in [0.717, 1.165) is 35.1 Å². The van der Waals surface area contributed by atoms with Crippen molar-refractivity contribution < 1.29 is 9.59 Å². The second-order valence-electron chi connectivity index (χ2n) is 6.23. The molecule has 3 N–H and O–H groups in total. The molecule has 0 unspecified atom stereocenters. The molecular weight excluding hydrogens is 318 g/mol. The lowest BCUT2D eigenvalue weighted by Crippen LogP contribution is -2.40. The second kappa shape index (κ2) is 6.88. The molecule has 2 aromatic rings. The van der Waals surface area contributed by atoms with Gasteiger partial charge in [-0.05, 0) is 43.0 Å². The lowest BCUT2D eigenvalue weighted by atomic mass is 10.00. The fraction of sp³-hybridized carbons (Fsp3) is 0.333. The molecule has 0 saturated heterocycles. The zero-order chi connectivity index (χ0) is 18.0. The zero-order valence-electron chi connectivity index (χ0n) is 14.3. The highest BCUT2D eigenvalue weighted by Gasteiger charge is 2.22. The Kier molecular flexibility index (Phi) is 4.65. The number of amides is 3. The topological polar surface area (TPSA) is 101 Å². The van der Waals surface area contributed by atoms with Crippen molar-refractivity contribution >= 4 is 17.8 Å². The van der Waals surface area contributed by atoms with Gasteiger partial charge in [0, 0.05) is 43.2 Å². The summed E-state index contributed by atoms with van der Waals surface area (Å²) in [4.78, 5) is 33.0. The van der Waals surface area contributed by atoms with Crippen LogP contribution < -0.4 is 16.0 Å². The van der Waals surface area contributed by atoms with Gasteiger partial charge in [-0.15, -0.1) is 0 Å². The minimum atomic E-state index is -0.478. The van der Waals surface area contributed by atoms with Crippen LogP contribution in [0, 0.1) is 0 Å². The van der Waals surface area contributed by atoms with Gasteiger partial charge in [0.1, 0.15) is 5.82 Å². The van der Waals surface area contributed by atoms with Crippen molar-refractivity contribution in [1.82, 2.24) is 15.3 Å². The first kappa shape index (κ1) is 16.9. The summed E-state index contributed by atoms with van der Waals surface area (Å²) >= 11 is 0. The first-order chi connectivity index (χ1) is 12.0. The SMILES string of the molecule is CC(=O)N[C@H](C)c1cncc(-c2cnc3c(c2)CCCN3C(N)=O)c1. The summed E-state index contributed by atoms with van der Waals surface area (Å²) in [7, 11) is 0. The van der Waals surface area contributed by atoms with E-state index in [4.69, 9.17) is 5.73 Å². The third-order valence-corrected chi connectivity index (χ3v) is 4.30. The molecule has 1 aliphatic rings. The van der Waals surface area contributed by atoms with Crippen LogP contribution in [0.4, 0.5) is 10.6 Å². The summed E-state index contributed by atoms with van der Waals surface area (Å²) in [5, 5.41) is 2.85. The molecule has 1 aliphatic heterocycles. The predicted octanol–water partition coefficient (Wildman–Crippen LogP) is 2.17. The Hall–Kier alpha value is -2.96. The quantitative estimate of drug-likeness (QED) is 0.895. The summed E-state index contributed by atoms with van der Waals surface area (Å²) in [6, 6.07) is 3.42. The van der Waals surface area contributed by atoms with E-state index >= 15 is 0 Å². The maximum absolute atomic E-state index is 11.5. The van der Waals surface area contributed by atoms with E-state index in [-0.39, 0.29) is 11.9 Å². The van der Waals surface area contributed by atoms with Gasteiger partial charge in [0.15, 0.2) is 0 Å². The predicted molar refractivity (Wildman–Crippen MR) is 95.0 cm³/mol. The zero-order valence-corrected chi connectivity index (χ0v) is 14.3. The number of hydrogen-bond donors (Lipinski definition) is 2. The van der Waals surface area contributed by atoms with Gasteiger partial charge in [-0.25, -0.2) is 9.78 Å². The summed E-state index contributed by atoms with van der Waals surface area (Å²) < 4.78 is 0. The number of carbonyl (C=O) groups is 2. The maximum Gasteiger partial charge on any atom is 0.320 e. The number of urea groups is 1. The van der Waals surface area contributed by atoms with E-state index in [1.165, 1.54) is 11.8 Å². The Morgan fingerprint density at radius 3 is 2.72 bits per heavy atom. The second-order valence-corrected chi connectivity index (χ2v) is 6.23. The maximum atomic E-state index is 11.5. The molecule has 0 radical (unpaired) electrons. The highest BCUT2D eigenvalue weighted by atomic mass is 16.2. The van der Waals surface area contributed by atoms with E-state index in [2.05, 4.69) is 15.3 Å². The molecule has 0 aliphatic carbocycles. The molecule has 1 atom stereocenters. The van der Waals surface area contributed by atoms with Crippen molar-refractivity contribution in [2.24, 2.45) is 5.73 Å². The van der Waals surface area contributed by atoms with E-state index in [0.29, 0.717) is 12.4 Å². The molecule has 3 rings (SSSR count). The number of aromatic nitrogens is 2. The van der Waals surface area contributed by atoms with Crippen molar-refractivity contribution in [2.75, 3.05) is 11.4 Å². The monoisotopic (exact) mass is 339 g/mol. The largest absolute Gasteiger partial charge is 0.351 e. The van der Waals surface area contributed by atoms with Gasteiger partial charge in [-0.1, -0.05) is 0 Å². The number of nitrogens with two attached hydrogens (primary N) is 1. The standard InChI is InChI=1S/C18H21N5O2/c1-11(22-12(2)24)14-7-15(9-20-8-14)16-6-13-4-3-5-23(18(19)25)17(13)21-10-16/h6-11H,3-5H2,1-2H3,(H2,19,25)(H,22,24)/t11-/m1/s1. The van der Waals surface area contributed by atoms with Crippen molar-refractivity contribution in [3.05, 3.63) is 41.9 Å². The number of anilines is 1. The molecule has 0 saturated carbocycles.